The number of rotatable bonds is 5. The number of benzene rings is 1. The lowest BCUT2D eigenvalue weighted by Crippen LogP contribution is -2.33. The second-order valence-corrected chi connectivity index (χ2v) is 7.49. The van der Waals surface area contributed by atoms with Crippen molar-refractivity contribution in [2.75, 3.05) is 19.6 Å². The zero-order chi connectivity index (χ0) is 15.4. The molecular weight excluding hydrogens is 298 g/mol. The van der Waals surface area contributed by atoms with E-state index in [0.717, 1.165) is 24.9 Å². The fourth-order valence-electron chi connectivity index (χ4n) is 2.97. The van der Waals surface area contributed by atoms with Gasteiger partial charge in [0, 0.05) is 29.7 Å². The summed E-state index contributed by atoms with van der Waals surface area (Å²) in [6, 6.07) is 7.01. The van der Waals surface area contributed by atoms with Crippen molar-refractivity contribution in [2.45, 2.75) is 24.2 Å². The summed E-state index contributed by atoms with van der Waals surface area (Å²) in [6.45, 7) is 2.55. The molecule has 1 aromatic heterocycles. The number of aromatic nitrogens is 1. The lowest BCUT2D eigenvalue weighted by molar-refractivity contribution is 0.358. The normalized spacial score (nSPS) is 19.4. The zero-order valence-electron chi connectivity index (χ0n) is 12.5. The summed E-state index contributed by atoms with van der Waals surface area (Å²) in [5.41, 5.74) is 0. The number of nitrogens with zero attached hydrogens (tertiary/aromatic N) is 1. The molecule has 1 unspecified atom stereocenters. The molecule has 1 fully saturated rings. The van der Waals surface area contributed by atoms with Gasteiger partial charge in [0.25, 0.3) is 0 Å². The molecule has 0 bridgehead atoms. The molecule has 118 valence electrons. The minimum absolute atomic E-state index is 0.328. The lowest BCUT2D eigenvalue weighted by atomic mass is 9.96. The summed E-state index contributed by atoms with van der Waals surface area (Å²) in [7, 11) is -3.49. The molecule has 6 heteroatoms. The molecule has 3 rings (SSSR count). The maximum atomic E-state index is 12.5. The molecule has 0 saturated carbocycles. The van der Waals surface area contributed by atoms with Crippen molar-refractivity contribution in [1.29, 1.82) is 0 Å². The summed E-state index contributed by atoms with van der Waals surface area (Å²) >= 11 is 0. The van der Waals surface area contributed by atoms with Crippen LogP contribution in [0.25, 0.3) is 10.8 Å². The van der Waals surface area contributed by atoms with Crippen LogP contribution in [0.1, 0.15) is 19.3 Å². The van der Waals surface area contributed by atoms with E-state index >= 15 is 0 Å². The van der Waals surface area contributed by atoms with E-state index in [0.29, 0.717) is 22.7 Å². The van der Waals surface area contributed by atoms with Crippen molar-refractivity contribution >= 4 is 20.8 Å². The molecule has 1 saturated heterocycles. The molecule has 0 radical (unpaired) electrons. The molecule has 0 spiro atoms. The molecule has 1 aliphatic rings. The molecule has 2 aromatic rings. The highest BCUT2D eigenvalue weighted by atomic mass is 32.2. The fraction of sp³-hybridized carbons (Fsp3) is 0.438. The van der Waals surface area contributed by atoms with E-state index in [2.05, 4.69) is 15.0 Å². The third-order valence-corrected chi connectivity index (χ3v) is 5.69. The largest absolute Gasteiger partial charge is 0.316 e. The highest BCUT2D eigenvalue weighted by molar-refractivity contribution is 7.89. The Bertz CT molecular complexity index is 735. The number of hydrogen-bond donors (Lipinski definition) is 2. The van der Waals surface area contributed by atoms with Crippen LogP contribution in [0, 0.1) is 5.92 Å². The van der Waals surface area contributed by atoms with Gasteiger partial charge >= 0.3 is 0 Å². The number of nitrogens with one attached hydrogen (secondary N) is 2. The average Bonchev–Trinajstić information content (AvgIpc) is 2.55. The smallest absolute Gasteiger partial charge is 0.241 e. The van der Waals surface area contributed by atoms with Crippen molar-refractivity contribution in [3.05, 3.63) is 36.7 Å². The van der Waals surface area contributed by atoms with E-state index in [1.165, 1.54) is 12.8 Å². The van der Waals surface area contributed by atoms with Crippen LogP contribution in [-0.4, -0.2) is 33.0 Å². The molecular formula is C16H21N3O2S. The SMILES string of the molecule is O=S(=O)(NCCC1CCCNC1)c1cccc2cnccc12. The first-order chi connectivity index (χ1) is 10.7. The van der Waals surface area contributed by atoms with Gasteiger partial charge in [-0.2, -0.15) is 0 Å². The van der Waals surface area contributed by atoms with Crippen LogP contribution < -0.4 is 10.0 Å². The minimum atomic E-state index is -3.49. The van der Waals surface area contributed by atoms with Crippen LogP contribution in [-0.2, 0) is 10.0 Å². The second kappa shape index (κ2) is 6.73. The first kappa shape index (κ1) is 15.4. The van der Waals surface area contributed by atoms with Gasteiger partial charge in [0.15, 0.2) is 0 Å². The molecule has 5 nitrogen and oxygen atoms in total. The van der Waals surface area contributed by atoms with Crippen molar-refractivity contribution in [3.63, 3.8) is 0 Å². The van der Waals surface area contributed by atoms with Crippen molar-refractivity contribution in [2.24, 2.45) is 5.92 Å². The van der Waals surface area contributed by atoms with Crippen LogP contribution in [0.2, 0.25) is 0 Å². The summed E-state index contributed by atoms with van der Waals surface area (Å²) in [5, 5.41) is 4.90. The molecule has 2 N–H and O–H groups in total. The minimum Gasteiger partial charge on any atom is -0.316 e. The molecule has 22 heavy (non-hydrogen) atoms. The average molecular weight is 319 g/mol. The van der Waals surface area contributed by atoms with Crippen LogP contribution in [0.15, 0.2) is 41.6 Å². The van der Waals surface area contributed by atoms with E-state index in [1.54, 1.807) is 30.6 Å². The lowest BCUT2D eigenvalue weighted by Gasteiger charge is -2.22. The number of pyridine rings is 1. The number of piperidine rings is 1. The summed E-state index contributed by atoms with van der Waals surface area (Å²) in [6.07, 6.45) is 6.53. The summed E-state index contributed by atoms with van der Waals surface area (Å²) in [4.78, 5) is 4.37. The third kappa shape index (κ3) is 3.45. The first-order valence-corrected chi connectivity index (χ1v) is 9.18. The second-order valence-electron chi connectivity index (χ2n) is 5.75. The Kier molecular flexibility index (Phi) is 4.71. The molecule has 1 atom stereocenters. The number of hydrogen-bond acceptors (Lipinski definition) is 4. The van der Waals surface area contributed by atoms with Crippen molar-refractivity contribution in [3.8, 4) is 0 Å². The molecule has 1 aromatic carbocycles. The van der Waals surface area contributed by atoms with Gasteiger partial charge in [-0.15, -0.1) is 0 Å². The standard InChI is InChI=1S/C16H21N3O2S/c20-22(21,19-10-6-13-3-2-8-17-11-13)16-5-1-4-14-12-18-9-7-15(14)16/h1,4-5,7,9,12-13,17,19H,2-3,6,8,10-11H2. The Labute approximate surface area is 131 Å². The van der Waals surface area contributed by atoms with Crippen LogP contribution in [0.5, 0.6) is 0 Å². The highest BCUT2D eigenvalue weighted by Gasteiger charge is 2.18. The zero-order valence-corrected chi connectivity index (χ0v) is 13.3. The molecule has 2 heterocycles. The monoisotopic (exact) mass is 319 g/mol. The molecule has 0 amide bonds. The van der Waals surface area contributed by atoms with Gasteiger partial charge in [-0.25, -0.2) is 13.1 Å². The summed E-state index contributed by atoms with van der Waals surface area (Å²) < 4.78 is 27.8. The van der Waals surface area contributed by atoms with Gasteiger partial charge in [0.2, 0.25) is 10.0 Å². The predicted molar refractivity (Wildman–Crippen MR) is 87.1 cm³/mol. The van der Waals surface area contributed by atoms with Crippen molar-refractivity contribution < 1.29 is 8.42 Å². The van der Waals surface area contributed by atoms with Gasteiger partial charge in [-0.05, 0) is 50.4 Å². The van der Waals surface area contributed by atoms with Crippen LogP contribution in [0.3, 0.4) is 0 Å². The molecule has 1 aliphatic heterocycles. The Morgan fingerprint density at radius 3 is 3.05 bits per heavy atom. The van der Waals surface area contributed by atoms with Crippen molar-refractivity contribution in [1.82, 2.24) is 15.0 Å². The third-order valence-electron chi connectivity index (χ3n) is 4.17. The van der Waals surface area contributed by atoms with E-state index in [4.69, 9.17) is 0 Å². The van der Waals surface area contributed by atoms with Gasteiger partial charge in [-0.3, -0.25) is 4.98 Å². The van der Waals surface area contributed by atoms with Crippen LogP contribution >= 0.6 is 0 Å². The Balaban J connectivity index is 1.71. The fourth-order valence-corrected chi connectivity index (χ4v) is 4.25. The topological polar surface area (TPSA) is 71.1 Å². The summed E-state index contributed by atoms with van der Waals surface area (Å²) in [5.74, 6) is 0.563. The van der Waals surface area contributed by atoms with Gasteiger partial charge in [0.05, 0.1) is 4.90 Å². The number of fused-ring (bicyclic) bond motifs is 1. The Morgan fingerprint density at radius 1 is 1.32 bits per heavy atom. The highest BCUT2D eigenvalue weighted by Crippen LogP contribution is 2.22. The van der Waals surface area contributed by atoms with Crippen LogP contribution in [0.4, 0.5) is 0 Å². The Hall–Kier alpha value is -1.50. The van der Waals surface area contributed by atoms with E-state index in [9.17, 15) is 8.42 Å². The molecule has 0 aliphatic carbocycles. The Morgan fingerprint density at radius 2 is 2.23 bits per heavy atom. The van der Waals surface area contributed by atoms with Gasteiger partial charge < -0.3 is 5.32 Å². The van der Waals surface area contributed by atoms with Gasteiger partial charge in [-0.1, -0.05) is 12.1 Å². The van der Waals surface area contributed by atoms with E-state index in [-0.39, 0.29) is 0 Å². The quantitative estimate of drug-likeness (QED) is 0.883. The van der Waals surface area contributed by atoms with Gasteiger partial charge in [0.1, 0.15) is 0 Å². The predicted octanol–water partition coefficient (Wildman–Crippen LogP) is 1.90. The maximum absolute atomic E-state index is 12.5. The van der Waals surface area contributed by atoms with E-state index < -0.39 is 10.0 Å². The first-order valence-electron chi connectivity index (χ1n) is 7.70. The number of sulfonamides is 1. The van der Waals surface area contributed by atoms with E-state index in [1.807, 2.05) is 6.07 Å². The maximum Gasteiger partial charge on any atom is 0.241 e.